The second kappa shape index (κ2) is 4.91. The smallest absolute Gasteiger partial charge is 0.279 e. The van der Waals surface area contributed by atoms with E-state index in [4.69, 9.17) is 0 Å². The van der Waals surface area contributed by atoms with Crippen LogP contribution >= 0.6 is 0 Å². The van der Waals surface area contributed by atoms with Crippen molar-refractivity contribution in [3.8, 4) is 0 Å². The fourth-order valence-electron chi connectivity index (χ4n) is 1.61. The highest BCUT2D eigenvalue weighted by atomic mass is 32.2. The van der Waals surface area contributed by atoms with E-state index in [9.17, 15) is 16.8 Å². The molecule has 7 nitrogen and oxygen atoms in total. The molecular weight excluding hydrogens is 302 g/mol. The monoisotopic (exact) mass is 315 g/mol. The van der Waals surface area contributed by atoms with Crippen molar-refractivity contribution < 1.29 is 16.8 Å². The number of imidazole rings is 1. The molecule has 0 amide bonds. The molecule has 0 aliphatic carbocycles. The van der Waals surface area contributed by atoms with Gasteiger partial charge in [0.15, 0.2) is 14.9 Å². The molecule has 1 aromatic carbocycles. The highest BCUT2D eigenvalue weighted by Crippen LogP contribution is 2.23. The SMILES string of the molecule is Cc1ncc(S(=O)(=O)Nc2ccccc2S(C)(=O)=O)[nH]1. The van der Waals surface area contributed by atoms with Gasteiger partial charge in [-0.05, 0) is 19.1 Å². The van der Waals surface area contributed by atoms with Crippen molar-refractivity contribution in [2.45, 2.75) is 16.8 Å². The van der Waals surface area contributed by atoms with E-state index in [0.717, 1.165) is 6.26 Å². The first-order valence-corrected chi connectivity index (χ1v) is 8.91. The lowest BCUT2D eigenvalue weighted by Crippen LogP contribution is -2.15. The van der Waals surface area contributed by atoms with Crippen LogP contribution in [0.25, 0.3) is 0 Å². The number of aromatic amines is 1. The summed E-state index contributed by atoms with van der Waals surface area (Å²) in [6, 6.07) is 5.79. The lowest BCUT2D eigenvalue weighted by atomic mass is 10.3. The Labute approximate surface area is 117 Å². The highest BCUT2D eigenvalue weighted by Gasteiger charge is 2.20. The first-order valence-electron chi connectivity index (χ1n) is 5.54. The predicted molar refractivity (Wildman–Crippen MR) is 73.7 cm³/mol. The van der Waals surface area contributed by atoms with Crippen LogP contribution in [0.5, 0.6) is 0 Å². The van der Waals surface area contributed by atoms with Gasteiger partial charge in [-0.25, -0.2) is 13.4 Å². The quantitative estimate of drug-likeness (QED) is 0.872. The molecular formula is C11H13N3O4S2. The Balaban J connectivity index is 2.46. The Hall–Kier alpha value is -1.87. The molecule has 2 N–H and O–H groups in total. The first-order chi connectivity index (χ1) is 9.20. The second-order valence-corrected chi connectivity index (χ2v) is 7.84. The van der Waals surface area contributed by atoms with Crippen LogP contribution in [0.15, 0.2) is 40.4 Å². The van der Waals surface area contributed by atoms with Gasteiger partial charge in [0.1, 0.15) is 5.82 Å². The van der Waals surface area contributed by atoms with E-state index in [2.05, 4.69) is 14.7 Å². The number of nitrogens with zero attached hydrogens (tertiary/aromatic N) is 1. The zero-order chi connectivity index (χ0) is 15.0. The number of hydrogen-bond donors (Lipinski definition) is 2. The molecule has 1 aromatic heterocycles. The Kier molecular flexibility index (Phi) is 3.57. The number of para-hydroxylation sites is 1. The van der Waals surface area contributed by atoms with E-state index in [1.54, 1.807) is 13.0 Å². The van der Waals surface area contributed by atoms with Crippen molar-refractivity contribution in [3.05, 3.63) is 36.3 Å². The van der Waals surface area contributed by atoms with E-state index in [0.29, 0.717) is 5.82 Å². The minimum absolute atomic E-state index is 0.00209. The van der Waals surface area contributed by atoms with Crippen molar-refractivity contribution in [3.63, 3.8) is 0 Å². The minimum atomic E-state index is -3.91. The first kappa shape index (κ1) is 14.5. The third-order valence-corrected chi connectivity index (χ3v) is 4.93. The number of anilines is 1. The topological polar surface area (TPSA) is 109 Å². The molecule has 20 heavy (non-hydrogen) atoms. The zero-order valence-corrected chi connectivity index (χ0v) is 12.4. The van der Waals surface area contributed by atoms with Crippen LogP contribution in [-0.2, 0) is 19.9 Å². The maximum atomic E-state index is 12.1. The van der Waals surface area contributed by atoms with Gasteiger partial charge < -0.3 is 4.98 Å². The van der Waals surface area contributed by atoms with Crippen LogP contribution in [0.3, 0.4) is 0 Å². The summed E-state index contributed by atoms with van der Waals surface area (Å²) < 4.78 is 49.7. The van der Waals surface area contributed by atoms with Gasteiger partial charge in [-0.3, -0.25) is 4.72 Å². The maximum Gasteiger partial charge on any atom is 0.279 e. The van der Waals surface area contributed by atoms with Gasteiger partial charge in [-0.2, -0.15) is 8.42 Å². The predicted octanol–water partition coefficient (Wildman–Crippen LogP) is 0.922. The number of H-pyrrole nitrogens is 1. The van der Waals surface area contributed by atoms with Gasteiger partial charge in [-0.15, -0.1) is 0 Å². The average Bonchev–Trinajstić information content (AvgIpc) is 2.75. The zero-order valence-electron chi connectivity index (χ0n) is 10.8. The van der Waals surface area contributed by atoms with E-state index in [1.807, 2.05) is 0 Å². The number of sulfone groups is 1. The van der Waals surface area contributed by atoms with Crippen molar-refractivity contribution in [1.82, 2.24) is 9.97 Å². The molecule has 0 saturated carbocycles. The Morgan fingerprint density at radius 2 is 1.80 bits per heavy atom. The molecule has 0 bridgehead atoms. The number of nitrogens with one attached hydrogen (secondary N) is 2. The van der Waals surface area contributed by atoms with Gasteiger partial charge in [0.2, 0.25) is 0 Å². The summed E-state index contributed by atoms with van der Waals surface area (Å²) in [6.07, 6.45) is 2.18. The summed E-state index contributed by atoms with van der Waals surface area (Å²) in [7, 11) is -7.44. The van der Waals surface area contributed by atoms with Crippen LogP contribution in [0.1, 0.15) is 5.82 Å². The van der Waals surface area contributed by atoms with Gasteiger partial charge in [-0.1, -0.05) is 12.1 Å². The Morgan fingerprint density at radius 1 is 1.15 bits per heavy atom. The van der Waals surface area contributed by atoms with Crippen LogP contribution in [0, 0.1) is 6.92 Å². The Morgan fingerprint density at radius 3 is 2.35 bits per heavy atom. The number of aryl methyl sites for hydroxylation is 1. The van der Waals surface area contributed by atoms with Crippen molar-refractivity contribution >= 4 is 25.5 Å². The summed E-state index contributed by atoms with van der Waals surface area (Å²) in [5, 5.41) is -0.127. The van der Waals surface area contributed by atoms with Crippen molar-refractivity contribution in [2.75, 3.05) is 11.0 Å². The lowest BCUT2D eigenvalue weighted by Gasteiger charge is -2.10. The van der Waals surface area contributed by atoms with E-state index in [1.165, 1.54) is 24.4 Å². The van der Waals surface area contributed by atoms with Gasteiger partial charge in [0, 0.05) is 6.26 Å². The standard InChI is InChI=1S/C11H13N3O4S2/c1-8-12-7-11(13-8)20(17,18)14-9-5-3-4-6-10(9)19(2,15)16/h3-7,14H,1-2H3,(H,12,13). The molecule has 9 heteroatoms. The third-order valence-electron chi connectivity index (χ3n) is 2.50. The summed E-state index contributed by atoms with van der Waals surface area (Å²) in [4.78, 5) is 6.30. The van der Waals surface area contributed by atoms with E-state index in [-0.39, 0.29) is 15.6 Å². The summed E-state index contributed by atoms with van der Waals surface area (Å²) in [5.41, 5.74) is 0.00209. The lowest BCUT2D eigenvalue weighted by molar-refractivity contribution is 0.598. The molecule has 2 aromatic rings. The molecule has 0 spiro atoms. The number of rotatable bonds is 4. The molecule has 0 aliphatic rings. The fraction of sp³-hybridized carbons (Fsp3) is 0.182. The molecule has 0 radical (unpaired) electrons. The van der Waals surface area contributed by atoms with Crippen molar-refractivity contribution in [1.29, 1.82) is 0 Å². The molecule has 0 atom stereocenters. The number of aromatic nitrogens is 2. The Bertz CT molecular complexity index is 838. The molecule has 0 unspecified atom stereocenters. The molecule has 2 rings (SSSR count). The second-order valence-electron chi connectivity index (χ2n) is 4.21. The van der Waals surface area contributed by atoms with E-state index >= 15 is 0 Å². The molecule has 1 heterocycles. The van der Waals surface area contributed by atoms with E-state index < -0.39 is 19.9 Å². The van der Waals surface area contributed by atoms with Crippen LogP contribution in [-0.4, -0.2) is 33.1 Å². The normalized spacial score (nSPS) is 12.3. The average molecular weight is 315 g/mol. The summed E-state index contributed by atoms with van der Waals surface area (Å²) in [5.74, 6) is 0.446. The molecule has 0 fully saturated rings. The van der Waals surface area contributed by atoms with Crippen molar-refractivity contribution in [2.24, 2.45) is 0 Å². The molecule has 0 aliphatic heterocycles. The van der Waals surface area contributed by atoms with Gasteiger partial charge in [0.05, 0.1) is 16.8 Å². The number of benzene rings is 1. The summed E-state index contributed by atoms with van der Waals surface area (Å²) in [6.45, 7) is 1.61. The van der Waals surface area contributed by atoms with Gasteiger partial charge in [0.25, 0.3) is 10.0 Å². The van der Waals surface area contributed by atoms with Gasteiger partial charge >= 0.3 is 0 Å². The third kappa shape index (κ3) is 2.99. The maximum absolute atomic E-state index is 12.1. The minimum Gasteiger partial charge on any atom is -0.332 e. The molecule has 108 valence electrons. The highest BCUT2D eigenvalue weighted by molar-refractivity contribution is 7.93. The summed E-state index contributed by atoms with van der Waals surface area (Å²) >= 11 is 0. The number of hydrogen-bond acceptors (Lipinski definition) is 5. The number of sulfonamides is 1. The van der Waals surface area contributed by atoms with Crippen LogP contribution in [0.2, 0.25) is 0 Å². The fourth-order valence-corrected chi connectivity index (χ4v) is 3.57. The van der Waals surface area contributed by atoms with Crippen LogP contribution < -0.4 is 4.72 Å². The van der Waals surface area contributed by atoms with Crippen LogP contribution in [0.4, 0.5) is 5.69 Å². The largest absolute Gasteiger partial charge is 0.332 e. The molecule has 0 saturated heterocycles.